The topological polar surface area (TPSA) is 49.9 Å². The van der Waals surface area contributed by atoms with E-state index in [1.54, 1.807) is 19.2 Å². The minimum Gasteiger partial charge on any atom is -0.497 e. The van der Waals surface area contributed by atoms with Crippen molar-refractivity contribution >= 4 is 11.8 Å². The molecule has 2 amide bonds. The van der Waals surface area contributed by atoms with Crippen LogP contribution in [0.15, 0.2) is 36.9 Å². The Morgan fingerprint density at radius 2 is 2.09 bits per heavy atom. The van der Waals surface area contributed by atoms with Gasteiger partial charge in [0, 0.05) is 25.2 Å². The Kier molecular flexibility index (Phi) is 5.42. The molecule has 1 saturated heterocycles. The van der Waals surface area contributed by atoms with Crippen molar-refractivity contribution in [3.63, 3.8) is 0 Å². The molecule has 0 aromatic heterocycles. The van der Waals surface area contributed by atoms with Crippen LogP contribution in [0.2, 0.25) is 0 Å². The van der Waals surface area contributed by atoms with Gasteiger partial charge in [0.15, 0.2) is 0 Å². The monoisotopic (exact) mass is 316 g/mol. The Bertz CT molecular complexity index is 598. The number of amides is 2. The third-order valence-electron chi connectivity index (χ3n) is 4.25. The zero-order chi connectivity index (χ0) is 17.0. The van der Waals surface area contributed by atoms with Crippen LogP contribution in [0.3, 0.4) is 0 Å². The average molecular weight is 316 g/mol. The molecule has 5 heteroatoms. The summed E-state index contributed by atoms with van der Waals surface area (Å²) >= 11 is 0. The highest BCUT2D eigenvalue weighted by Crippen LogP contribution is 2.21. The van der Waals surface area contributed by atoms with Crippen LogP contribution in [0.5, 0.6) is 5.75 Å². The van der Waals surface area contributed by atoms with Crippen molar-refractivity contribution in [2.45, 2.75) is 19.9 Å². The second-order valence-corrected chi connectivity index (χ2v) is 6.03. The van der Waals surface area contributed by atoms with Gasteiger partial charge in [-0.25, -0.2) is 0 Å². The summed E-state index contributed by atoms with van der Waals surface area (Å²) in [6.45, 7) is 9.28. The molecule has 1 fully saturated rings. The first-order valence-electron chi connectivity index (χ1n) is 7.84. The summed E-state index contributed by atoms with van der Waals surface area (Å²) in [5, 5.41) is 0. The molecule has 0 aliphatic carbocycles. The molecule has 0 spiro atoms. The summed E-state index contributed by atoms with van der Waals surface area (Å²) in [6, 6.07) is 7.16. The number of hydrogen-bond acceptors (Lipinski definition) is 3. The Labute approximate surface area is 137 Å². The van der Waals surface area contributed by atoms with E-state index in [4.69, 9.17) is 4.74 Å². The van der Waals surface area contributed by atoms with Gasteiger partial charge in [0.2, 0.25) is 5.91 Å². The van der Waals surface area contributed by atoms with E-state index in [0.29, 0.717) is 30.9 Å². The average Bonchev–Trinajstić information content (AvgIpc) is 2.59. The molecule has 0 radical (unpaired) electrons. The predicted octanol–water partition coefficient (Wildman–Crippen LogP) is 2.19. The molecule has 1 heterocycles. The molecule has 5 nitrogen and oxygen atoms in total. The highest BCUT2D eigenvalue weighted by atomic mass is 16.5. The minimum absolute atomic E-state index is 0.00353. The fraction of sp³-hybridized carbons (Fsp3) is 0.444. The fourth-order valence-electron chi connectivity index (χ4n) is 2.89. The number of carbonyl (C=O) groups is 2. The molecular weight excluding hydrogens is 292 g/mol. The number of methoxy groups -OCH3 is 1. The lowest BCUT2D eigenvalue weighted by atomic mass is 9.98. The number of benzene rings is 1. The van der Waals surface area contributed by atoms with Gasteiger partial charge in [-0.05, 0) is 30.2 Å². The molecular formula is C18H24N2O3. The highest BCUT2D eigenvalue weighted by Gasteiger charge is 2.33. The lowest BCUT2D eigenvalue weighted by Crippen LogP contribution is -2.58. The van der Waals surface area contributed by atoms with Gasteiger partial charge in [-0.1, -0.05) is 26.5 Å². The van der Waals surface area contributed by atoms with Gasteiger partial charge in [0.25, 0.3) is 5.91 Å². The number of nitrogens with zero attached hydrogens (tertiary/aromatic N) is 2. The Hall–Kier alpha value is -2.30. The van der Waals surface area contributed by atoms with Crippen LogP contribution in [0.4, 0.5) is 0 Å². The molecule has 0 unspecified atom stereocenters. The second kappa shape index (κ2) is 7.31. The van der Waals surface area contributed by atoms with Crippen molar-refractivity contribution in [2.75, 3.05) is 26.7 Å². The highest BCUT2D eigenvalue weighted by molar-refractivity contribution is 5.95. The van der Waals surface area contributed by atoms with Crippen LogP contribution >= 0.6 is 0 Å². The first kappa shape index (κ1) is 17.1. The summed E-state index contributed by atoms with van der Waals surface area (Å²) in [4.78, 5) is 28.4. The van der Waals surface area contributed by atoms with Crippen molar-refractivity contribution in [1.29, 1.82) is 0 Å². The Balaban J connectivity index is 2.16. The lowest BCUT2D eigenvalue weighted by molar-refractivity contribution is -0.131. The molecule has 1 aromatic carbocycles. The minimum atomic E-state index is -0.0721. The Morgan fingerprint density at radius 1 is 1.35 bits per heavy atom. The summed E-state index contributed by atoms with van der Waals surface area (Å²) in [6.07, 6.45) is 1.34. The number of ether oxygens (including phenoxy) is 1. The maximum Gasteiger partial charge on any atom is 0.254 e. The van der Waals surface area contributed by atoms with E-state index in [-0.39, 0.29) is 23.8 Å². The Morgan fingerprint density at radius 3 is 2.70 bits per heavy atom. The second-order valence-electron chi connectivity index (χ2n) is 6.03. The smallest absolute Gasteiger partial charge is 0.254 e. The van der Waals surface area contributed by atoms with Crippen LogP contribution in [-0.2, 0) is 4.79 Å². The number of carbonyl (C=O) groups excluding carboxylic acids is 2. The van der Waals surface area contributed by atoms with Crippen LogP contribution in [0.25, 0.3) is 0 Å². The SMILES string of the molecule is C=CC(=O)N1CCN(C(=O)c2cccc(OC)c2)C[C@@H]1C(C)C. The van der Waals surface area contributed by atoms with E-state index >= 15 is 0 Å². The van der Waals surface area contributed by atoms with E-state index in [9.17, 15) is 9.59 Å². The van der Waals surface area contributed by atoms with Gasteiger partial charge in [-0.3, -0.25) is 9.59 Å². The van der Waals surface area contributed by atoms with Crippen molar-refractivity contribution in [1.82, 2.24) is 9.80 Å². The van der Waals surface area contributed by atoms with Crippen LogP contribution in [-0.4, -0.2) is 54.4 Å². The van der Waals surface area contributed by atoms with Gasteiger partial charge >= 0.3 is 0 Å². The summed E-state index contributed by atoms with van der Waals surface area (Å²) in [5.74, 6) is 0.828. The maximum atomic E-state index is 12.7. The standard InChI is InChI=1S/C18H24N2O3/c1-5-17(21)20-10-9-19(12-16(20)13(2)3)18(22)14-7-6-8-15(11-14)23-4/h5-8,11,13,16H,1,9-10,12H2,2-4H3/t16-/m1/s1. The molecule has 1 atom stereocenters. The van der Waals surface area contributed by atoms with Crippen molar-refractivity contribution in [3.05, 3.63) is 42.5 Å². The largest absolute Gasteiger partial charge is 0.497 e. The fourth-order valence-corrected chi connectivity index (χ4v) is 2.89. The molecule has 124 valence electrons. The molecule has 0 saturated carbocycles. The zero-order valence-electron chi connectivity index (χ0n) is 14.0. The van der Waals surface area contributed by atoms with Crippen molar-refractivity contribution in [2.24, 2.45) is 5.92 Å². The molecule has 1 aromatic rings. The maximum absolute atomic E-state index is 12.7. The van der Waals surface area contributed by atoms with E-state index in [1.807, 2.05) is 21.9 Å². The van der Waals surface area contributed by atoms with Crippen molar-refractivity contribution < 1.29 is 14.3 Å². The van der Waals surface area contributed by atoms with Gasteiger partial charge in [-0.15, -0.1) is 0 Å². The molecule has 2 rings (SSSR count). The van der Waals surface area contributed by atoms with E-state index in [1.165, 1.54) is 6.08 Å². The van der Waals surface area contributed by atoms with Crippen molar-refractivity contribution in [3.8, 4) is 5.75 Å². The summed E-state index contributed by atoms with van der Waals surface area (Å²) in [5.41, 5.74) is 0.607. The van der Waals surface area contributed by atoms with Crippen LogP contribution in [0.1, 0.15) is 24.2 Å². The quantitative estimate of drug-likeness (QED) is 0.800. The van der Waals surface area contributed by atoms with Crippen LogP contribution < -0.4 is 4.74 Å². The molecule has 0 N–H and O–H groups in total. The van der Waals surface area contributed by atoms with Gasteiger partial charge in [0.05, 0.1) is 13.2 Å². The summed E-state index contributed by atoms with van der Waals surface area (Å²) in [7, 11) is 1.58. The molecule has 1 aliphatic rings. The van der Waals surface area contributed by atoms with E-state index in [0.717, 1.165) is 0 Å². The number of hydrogen-bond donors (Lipinski definition) is 0. The molecule has 1 aliphatic heterocycles. The summed E-state index contributed by atoms with van der Waals surface area (Å²) < 4.78 is 5.18. The molecule has 23 heavy (non-hydrogen) atoms. The van der Waals surface area contributed by atoms with Gasteiger partial charge < -0.3 is 14.5 Å². The van der Waals surface area contributed by atoms with E-state index < -0.39 is 0 Å². The third-order valence-corrected chi connectivity index (χ3v) is 4.25. The normalized spacial score (nSPS) is 18.0. The predicted molar refractivity (Wildman–Crippen MR) is 89.4 cm³/mol. The van der Waals surface area contributed by atoms with Crippen LogP contribution in [0, 0.1) is 5.92 Å². The number of piperazine rings is 1. The number of rotatable bonds is 4. The lowest BCUT2D eigenvalue weighted by Gasteiger charge is -2.43. The zero-order valence-corrected chi connectivity index (χ0v) is 14.0. The van der Waals surface area contributed by atoms with Gasteiger partial charge in [0.1, 0.15) is 5.75 Å². The molecule has 0 bridgehead atoms. The first-order chi connectivity index (χ1) is 11.0. The van der Waals surface area contributed by atoms with Gasteiger partial charge in [-0.2, -0.15) is 0 Å². The third kappa shape index (κ3) is 3.73. The van der Waals surface area contributed by atoms with E-state index in [2.05, 4.69) is 20.4 Å². The first-order valence-corrected chi connectivity index (χ1v) is 7.84.